The van der Waals surface area contributed by atoms with Crippen LogP contribution in [0.1, 0.15) is 36.9 Å². The minimum atomic E-state index is -3.17. The van der Waals surface area contributed by atoms with Crippen LogP contribution in [0.25, 0.3) is 0 Å². The molecule has 0 radical (unpaired) electrons. The van der Waals surface area contributed by atoms with E-state index in [0.29, 0.717) is 5.01 Å². The molecule has 0 aromatic carbocycles. The van der Waals surface area contributed by atoms with Crippen molar-refractivity contribution in [1.82, 2.24) is 4.98 Å². The number of carboxylic acids is 1. The largest absolute Gasteiger partial charge is 0.480 e. The van der Waals surface area contributed by atoms with E-state index in [-0.39, 0.29) is 11.6 Å². The van der Waals surface area contributed by atoms with Crippen molar-refractivity contribution >= 4 is 17.3 Å². The molecule has 1 atom stereocenters. The van der Waals surface area contributed by atoms with Crippen LogP contribution < -0.4 is 0 Å². The molecule has 2 rings (SSSR count). The number of halogens is 2. The topological polar surface area (TPSA) is 50.2 Å². The van der Waals surface area contributed by atoms with Gasteiger partial charge in [0.05, 0.1) is 10.7 Å². The second-order valence-corrected chi connectivity index (χ2v) is 5.21. The fourth-order valence-corrected chi connectivity index (χ4v) is 2.57. The SMILES string of the molecule is CC(C)c1nc(C2(C(=O)O)CC2(F)F)cs1. The van der Waals surface area contributed by atoms with Gasteiger partial charge in [0, 0.05) is 17.7 Å². The van der Waals surface area contributed by atoms with Gasteiger partial charge in [-0.1, -0.05) is 13.8 Å². The highest BCUT2D eigenvalue weighted by Gasteiger charge is 2.78. The molecule has 1 aliphatic carbocycles. The van der Waals surface area contributed by atoms with E-state index in [1.165, 1.54) is 16.7 Å². The minimum absolute atomic E-state index is 0.00120. The maximum atomic E-state index is 13.2. The molecule has 0 aliphatic heterocycles. The Bertz CT molecular complexity index is 444. The lowest BCUT2D eigenvalue weighted by atomic mass is 10.0. The number of carboxylic acid groups (broad SMARTS) is 1. The van der Waals surface area contributed by atoms with Gasteiger partial charge in [-0.3, -0.25) is 4.79 Å². The Morgan fingerprint density at radius 2 is 2.19 bits per heavy atom. The number of aromatic nitrogens is 1. The number of rotatable bonds is 3. The molecule has 0 amide bonds. The van der Waals surface area contributed by atoms with Gasteiger partial charge in [-0.2, -0.15) is 0 Å². The molecule has 1 heterocycles. The quantitative estimate of drug-likeness (QED) is 0.893. The van der Waals surface area contributed by atoms with Crippen LogP contribution in [0, 0.1) is 0 Å². The summed E-state index contributed by atoms with van der Waals surface area (Å²) in [7, 11) is 0. The Kier molecular flexibility index (Phi) is 2.31. The Labute approximate surface area is 95.1 Å². The van der Waals surface area contributed by atoms with Crippen molar-refractivity contribution in [1.29, 1.82) is 0 Å². The van der Waals surface area contributed by atoms with Gasteiger partial charge >= 0.3 is 5.97 Å². The maximum absolute atomic E-state index is 13.2. The highest BCUT2D eigenvalue weighted by atomic mass is 32.1. The third-order valence-corrected chi connectivity index (χ3v) is 3.95. The van der Waals surface area contributed by atoms with E-state index < -0.39 is 23.7 Å². The maximum Gasteiger partial charge on any atom is 0.322 e. The van der Waals surface area contributed by atoms with E-state index in [1.54, 1.807) is 0 Å². The van der Waals surface area contributed by atoms with Crippen LogP contribution in [0.15, 0.2) is 5.38 Å². The average Bonchev–Trinajstić information content (AvgIpc) is 2.61. The fourth-order valence-electron chi connectivity index (χ4n) is 1.66. The van der Waals surface area contributed by atoms with Crippen molar-refractivity contribution in [3.05, 3.63) is 16.1 Å². The fraction of sp³-hybridized carbons (Fsp3) is 0.600. The smallest absolute Gasteiger partial charge is 0.322 e. The van der Waals surface area contributed by atoms with E-state index in [9.17, 15) is 13.6 Å². The Balaban J connectivity index is 2.40. The number of carbonyl (C=O) groups is 1. The third-order valence-electron chi connectivity index (χ3n) is 2.80. The summed E-state index contributed by atoms with van der Waals surface area (Å²) in [4.78, 5) is 15.0. The van der Waals surface area contributed by atoms with Gasteiger partial charge < -0.3 is 5.11 Å². The molecule has 88 valence electrons. The molecule has 1 saturated carbocycles. The first-order valence-corrected chi connectivity index (χ1v) is 5.76. The molecule has 1 aromatic heterocycles. The Hall–Kier alpha value is -1.04. The highest BCUT2D eigenvalue weighted by Crippen LogP contribution is 2.61. The zero-order valence-corrected chi connectivity index (χ0v) is 9.65. The first-order valence-electron chi connectivity index (χ1n) is 4.88. The molecule has 0 bridgehead atoms. The standard InChI is InChI=1S/C10H11F2NO2S/c1-5(2)7-13-6(3-16-7)9(8(14)15)4-10(9,11)12/h3,5H,4H2,1-2H3,(H,14,15). The van der Waals surface area contributed by atoms with Crippen LogP contribution in [0.3, 0.4) is 0 Å². The lowest BCUT2D eigenvalue weighted by molar-refractivity contribution is -0.143. The summed E-state index contributed by atoms with van der Waals surface area (Å²) in [5.41, 5.74) is -2.07. The van der Waals surface area contributed by atoms with Crippen molar-refractivity contribution < 1.29 is 18.7 Å². The van der Waals surface area contributed by atoms with Crippen molar-refractivity contribution in [3.63, 3.8) is 0 Å². The molecule has 1 N–H and O–H groups in total. The first-order chi connectivity index (χ1) is 7.31. The van der Waals surface area contributed by atoms with Gasteiger partial charge in [0.2, 0.25) is 0 Å². The van der Waals surface area contributed by atoms with Gasteiger partial charge in [-0.15, -0.1) is 11.3 Å². The molecule has 16 heavy (non-hydrogen) atoms. The van der Waals surface area contributed by atoms with Gasteiger partial charge in [0.1, 0.15) is 0 Å². The number of aliphatic carboxylic acids is 1. The molecule has 1 aliphatic rings. The van der Waals surface area contributed by atoms with E-state index in [4.69, 9.17) is 5.11 Å². The molecular formula is C10H11F2NO2S. The molecule has 1 unspecified atom stereocenters. The minimum Gasteiger partial charge on any atom is -0.480 e. The van der Waals surface area contributed by atoms with Crippen LogP contribution in [0.2, 0.25) is 0 Å². The second kappa shape index (κ2) is 3.23. The lowest BCUT2D eigenvalue weighted by Crippen LogP contribution is -2.27. The van der Waals surface area contributed by atoms with Crippen LogP contribution >= 0.6 is 11.3 Å². The third kappa shape index (κ3) is 1.36. The Morgan fingerprint density at radius 1 is 1.62 bits per heavy atom. The predicted molar refractivity (Wildman–Crippen MR) is 55.1 cm³/mol. The summed E-state index contributed by atoms with van der Waals surface area (Å²) in [5, 5.41) is 11.1. The molecule has 0 spiro atoms. The molecule has 6 heteroatoms. The summed E-state index contributed by atoms with van der Waals surface area (Å²) >= 11 is 1.23. The summed E-state index contributed by atoms with van der Waals surface area (Å²) < 4.78 is 26.4. The van der Waals surface area contributed by atoms with Crippen LogP contribution in [0.4, 0.5) is 8.78 Å². The molecule has 3 nitrogen and oxygen atoms in total. The van der Waals surface area contributed by atoms with Gasteiger partial charge in [-0.05, 0) is 0 Å². The summed E-state index contributed by atoms with van der Waals surface area (Å²) in [6, 6.07) is 0. The average molecular weight is 247 g/mol. The number of hydrogen-bond acceptors (Lipinski definition) is 3. The van der Waals surface area contributed by atoms with E-state index in [2.05, 4.69) is 4.98 Å². The van der Waals surface area contributed by atoms with Crippen molar-refractivity contribution in [2.45, 2.75) is 37.5 Å². The van der Waals surface area contributed by atoms with E-state index in [0.717, 1.165) is 0 Å². The van der Waals surface area contributed by atoms with Crippen LogP contribution in [-0.4, -0.2) is 22.0 Å². The van der Waals surface area contributed by atoms with Crippen LogP contribution in [-0.2, 0) is 10.2 Å². The zero-order chi connectivity index (χ0) is 12.1. The molecular weight excluding hydrogens is 236 g/mol. The summed E-state index contributed by atoms with van der Waals surface area (Å²) in [5.74, 6) is -4.53. The predicted octanol–water partition coefficient (Wildman–Crippen LogP) is 2.63. The molecule has 1 fully saturated rings. The number of thiazole rings is 1. The Morgan fingerprint density at radius 3 is 2.50 bits per heavy atom. The number of alkyl halides is 2. The second-order valence-electron chi connectivity index (χ2n) is 4.32. The van der Waals surface area contributed by atoms with Gasteiger partial charge in [-0.25, -0.2) is 13.8 Å². The normalized spacial score (nSPS) is 27.1. The summed E-state index contributed by atoms with van der Waals surface area (Å²) in [6.45, 7) is 3.78. The monoisotopic (exact) mass is 247 g/mol. The van der Waals surface area contributed by atoms with Crippen LogP contribution in [0.5, 0.6) is 0 Å². The van der Waals surface area contributed by atoms with E-state index in [1.807, 2.05) is 13.8 Å². The van der Waals surface area contributed by atoms with Gasteiger partial charge in [0.25, 0.3) is 5.92 Å². The molecule has 0 saturated heterocycles. The lowest BCUT2D eigenvalue weighted by Gasteiger charge is -2.07. The number of nitrogens with zero attached hydrogens (tertiary/aromatic N) is 1. The van der Waals surface area contributed by atoms with Gasteiger partial charge in [0.15, 0.2) is 5.41 Å². The number of hydrogen-bond donors (Lipinski definition) is 1. The first kappa shape index (κ1) is 11.4. The van der Waals surface area contributed by atoms with E-state index >= 15 is 0 Å². The van der Waals surface area contributed by atoms with Crippen molar-refractivity contribution in [3.8, 4) is 0 Å². The zero-order valence-electron chi connectivity index (χ0n) is 8.83. The molecule has 1 aromatic rings. The summed E-state index contributed by atoms with van der Waals surface area (Å²) in [6.07, 6.45) is -0.642. The van der Waals surface area contributed by atoms with Crippen molar-refractivity contribution in [2.24, 2.45) is 0 Å². The highest BCUT2D eigenvalue weighted by molar-refractivity contribution is 7.09. The van der Waals surface area contributed by atoms with Crippen molar-refractivity contribution in [2.75, 3.05) is 0 Å².